The number of rotatable bonds is 9. The van der Waals surface area contributed by atoms with Gasteiger partial charge in [-0.25, -0.2) is 20.1 Å². The van der Waals surface area contributed by atoms with Gasteiger partial charge in [-0.1, -0.05) is 36.4 Å². The highest BCUT2D eigenvalue weighted by atomic mass is 17.3. The van der Waals surface area contributed by atoms with Crippen molar-refractivity contribution in [1.29, 1.82) is 0 Å². The molecular weight excluding hydrogens is 400 g/mol. The molecule has 2 N–H and O–H groups in total. The fourth-order valence-electron chi connectivity index (χ4n) is 2.71. The van der Waals surface area contributed by atoms with Crippen molar-refractivity contribution < 1.29 is 49.1 Å². The van der Waals surface area contributed by atoms with Crippen LogP contribution in [0.4, 0.5) is 0 Å². The second-order valence-electron chi connectivity index (χ2n) is 6.31. The molecule has 0 saturated carbocycles. The van der Waals surface area contributed by atoms with E-state index in [9.17, 15) is 20.1 Å². The van der Waals surface area contributed by atoms with Gasteiger partial charge in [-0.2, -0.15) is 19.6 Å². The average Bonchev–Trinajstić information content (AvgIpc) is 2.81. The molecule has 0 radical (unpaired) electrons. The van der Waals surface area contributed by atoms with E-state index in [1.165, 1.54) is 52.3 Å². The van der Waals surface area contributed by atoms with Crippen LogP contribution in [0.15, 0.2) is 48.5 Å². The van der Waals surface area contributed by atoms with Crippen molar-refractivity contribution in [3.8, 4) is 0 Å². The van der Waals surface area contributed by atoms with E-state index in [2.05, 4.69) is 9.78 Å². The van der Waals surface area contributed by atoms with Gasteiger partial charge in [0.05, 0.1) is 25.3 Å². The maximum absolute atomic E-state index is 12.1. The Balaban J connectivity index is 2.42. The molecule has 2 unspecified atom stereocenters. The lowest BCUT2D eigenvalue weighted by Gasteiger charge is -2.32. The molecule has 0 aliphatic rings. The lowest BCUT2D eigenvalue weighted by atomic mass is 10.0. The summed E-state index contributed by atoms with van der Waals surface area (Å²) in [5.41, 5.74) is 0.172. The van der Waals surface area contributed by atoms with E-state index in [0.29, 0.717) is 0 Å². The van der Waals surface area contributed by atoms with Crippen LogP contribution in [-0.4, -0.2) is 36.7 Å². The molecular formula is C20H22O10. The Hall–Kier alpha value is -2.86. The molecule has 2 aromatic rings. The SMILES string of the molecule is COC(=O)c1ccccc1C(C)(OO)OOC(C)(OO)c1ccccc1C(=O)OC. The van der Waals surface area contributed by atoms with Gasteiger partial charge >= 0.3 is 11.9 Å². The van der Waals surface area contributed by atoms with E-state index >= 15 is 0 Å². The third-order valence-electron chi connectivity index (χ3n) is 4.35. The first-order valence-corrected chi connectivity index (χ1v) is 8.64. The van der Waals surface area contributed by atoms with Crippen LogP contribution in [0, 0.1) is 0 Å². The molecule has 0 aliphatic heterocycles. The van der Waals surface area contributed by atoms with Gasteiger partial charge in [-0.3, -0.25) is 0 Å². The van der Waals surface area contributed by atoms with Gasteiger partial charge in [0.15, 0.2) is 0 Å². The Morgan fingerprint density at radius 3 is 1.33 bits per heavy atom. The minimum absolute atomic E-state index is 0.0294. The van der Waals surface area contributed by atoms with Gasteiger partial charge in [0.1, 0.15) is 0 Å². The third-order valence-corrected chi connectivity index (χ3v) is 4.35. The number of hydrogen-bond acceptors (Lipinski definition) is 10. The van der Waals surface area contributed by atoms with Crippen LogP contribution in [0.3, 0.4) is 0 Å². The lowest BCUT2D eigenvalue weighted by Crippen LogP contribution is -2.38. The summed E-state index contributed by atoms with van der Waals surface area (Å²) in [5, 5.41) is 19.0. The van der Waals surface area contributed by atoms with Gasteiger partial charge in [0.25, 0.3) is 11.6 Å². The number of benzene rings is 2. The molecule has 10 nitrogen and oxygen atoms in total. The van der Waals surface area contributed by atoms with Crippen molar-refractivity contribution in [2.45, 2.75) is 25.4 Å². The van der Waals surface area contributed by atoms with Crippen molar-refractivity contribution in [2.75, 3.05) is 14.2 Å². The summed E-state index contributed by atoms with van der Waals surface area (Å²) in [4.78, 5) is 43.5. The standard InChI is InChI=1S/C20H22O10/c1-19(27-23,15-11-7-5-9-13(15)17(21)25-3)29-30-20(2,28-24)16-12-8-6-10-14(16)18(22)26-4/h5-12,23-24H,1-4H3. The van der Waals surface area contributed by atoms with Crippen LogP contribution in [0.25, 0.3) is 0 Å². The summed E-state index contributed by atoms with van der Waals surface area (Å²) in [7, 11) is 2.38. The van der Waals surface area contributed by atoms with E-state index in [1.54, 1.807) is 24.3 Å². The van der Waals surface area contributed by atoms with Gasteiger partial charge in [-0.15, -0.1) is 0 Å². The Morgan fingerprint density at radius 2 is 1.03 bits per heavy atom. The summed E-state index contributed by atoms with van der Waals surface area (Å²) < 4.78 is 9.44. The molecule has 2 aromatic carbocycles. The quantitative estimate of drug-likeness (QED) is 0.269. The smallest absolute Gasteiger partial charge is 0.338 e. The molecule has 30 heavy (non-hydrogen) atoms. The Labute approximate surface area is 172 Å². The summed E-state index contributed by atoms with van der Waals surface area (Å²) >= 11 is 0. The number of carbonyl (C=O) groups is 2. The number of methoxy groups -OCH3 is 2. The first-order chi connectivity index (χ1) is 14.3. The van der Waals surface area contributed by atoms with Gasteiger partial charge in [0, 0.05) is 11.1 Å². The first-order valence-electron chi connectivity index (χ1n) is 8.64. The number of esters is 2. The lowest BCUT2D eigenvalue weighted by molar-refractivity contribution is -0.577. The zero-order valence-corrected chi connectivity index (χ0v) is 16.8. The maximum atomic E-state index is 12.1. The second kappa shape index (κ2) is 9.76. The Kier molecular flexibility index (Phi) is 7.62. The largest absolute Gasteiger partial charge is 0.465 e. The Morgan fingerprint density at radius 1 is 0.700 bits per heavy atom. The summed E-state index contributed by atoms with van der Waals surface area (Å²) in [5.74, 6) is -5.53. The van der Waals surface area contributed by atoms with E-state index in [-0.39, 0.29) is 22.3 Å². The van der Waals surface area contributed by atoms with Crippen LogP contribution in [0.2, 0.25) is 0 Å². The van der Waals surface area contributed by atoms with Gasteiger partial charge in [-0.05, 0) is 26.0 Å². The van der Waals surface area contributed by atoms with E-state index in [1.807, 2.05) is 0 Å². The fraction of sp³-hybridized carbons (Fsp3) is 0.300. The van der Waals surface area contributed by atoms with Crippen molar-refractivity contribution in [3.05, 3.63) is 70.8 Å². The van der Waals surface area contributed by atoms with E-state index in [0.717, 1.165) is 0 Å². The first kappa shape index (κ1) is 23.4. The summed E-state index contributed by atoms with van der Waals surface area (Å²) in [6.45, 7) is 2.50. The van der Waals surface area contributed by atoms with Crippen molar-refractivity contribution in [1.82, 2.24) is 0 Å². The monoisotopic (exact) mass is 422 g/mol. The predicted octanol–water partition coefficient (Wildman–Crippen LogP) is 3.23. The third kappa shape index (κ3) is 4.65. The minimum atomic E-state index is -2.05. The zero-order valence-electron chi connectivity index (χ0n) is 16.8. The van der Waals surface area contributed by atoms with Gasteiger partial charge < -0.3 is 9.47 Å². The molecule has 0 saturated heterocycles. The zero-order chi connectivity index (χ0) is 22.4. The van der Waals surface area contributed by atoms with Crippen LogP contribution in [0.5, 0.6) is 0 Å². The molecule has 10 heteroatoms. The van der Waals surface area contributed by atoms with Crippen LogP contribution in [-0.2, 0) is 40.6 Å². The second-order valence-corrected chi connectivity index (χ2v) is 6.31. The molecule has 0 amide bonds. The van der Waals surface area contributed by atoms with Crippen LogP contribution >= 0.6 is 0 Å². The molecule has 2 atom stereocenters. The average molecular weight is 422 g/mol. The molecule has 0 heterocycles. The molecule has 0 aromatic heterocycles. The normalized spacial score (nSPS) is 15.0. The number of ether oxygens (including phenoxy) is 2. The number of carbonyl (C=O) groups excluding carboxylic acids is 2. The minimum Gasteiger partial charge on any atom is -0.465 e. The molecule has 2 rings (SSSR count). The highest BCUT2D eigenvalue weighted by Gasteiger charge is 2.42. The summed E-state index contributed by atoms with van der Waals surface area (Å²) in [6.07, 6.45) is 0. The van der Waals surface area contributed by atoms with E-state index in [4.69, 9.17) is 19.2 Å². The molecule has 0 bridgehead atoms. The van der Waals surface area contributed by atoms with Crippen molar-refractivity contribution >= 4 is 11.9 Å². The van der Waals surface area contributed by atoms with Gasteiger partial charge in [0.2, 0.25) is 0 Å². The van der Waals surface area contributed by atoms with Crippen molar-refractivity contribution in [2.24, 2.45) is 0 Å². The fourth-order valence-corrected chi connectivity index (χ4v) is 2.71. The van der Waals surface area contributed by atoms with Crippen LogP contribution < -0.4 is 0 Å². The predicted molar refractivity (Wildman–Crippen MR) is 99.9 cm³/mol. The molecule has 0 aliphatic carbocycles. The maximum Gasteiger partial charge on any atom is 0.338 e. The summed E-state index contributed by atoms with van der Waals surface area (Å²) in [6, 6.07) is 12.0. The highest BCUT2D eigenvalue weighted by Crippen LogP contribution is 2.35. The van der Waals surface area contributed by atoms with Crippen molar-refractivity contribution in [3.63, 3.8) is 0 Å². The molecule has 0 spiro atoms. The highest BCUT2D eigenvalue weighted by molar-refractivity contribution is 5.91. The topological polar surface area (TPSA) is 130 Å². The molecule has 0 fully saturated rings. The van der Waals surface area contributed by atoms with Crippen LogP contribution in [0.1, 0.15) is 45.7 Å². The molecule has 162 valence electrons. The Bertz CT molecular complexity index is 825. The van der Waals surface area contributed by atoms with E-state index < -0.39 is 23.5 Å². The number of hydrogen-bond donors (Lipinski definition) is 2.